The van der Waals surface area contributed by atoms with Gasteiger partial charge in [0.05, 0.1) is 0 Å². The quantitative estimate of drug-likeness (QED) is 0.526. The van der Waals surface area contributed by atoms with Gasteiger partial charge in [0.25, 0.3) is 0 Å². The van der Waals surface area contributed by atoms with Crippen LogP contribution in [-0.2, 0) is 0 Å². The summed E-state index contributed by atoms with van der Waals surface area (Å²) in [5, 5.41) is 2.57. The largest absolute Gasteiger partial charge is 0.399 e. The number of fused-ring (bicyclic) bond motifs is 4. The zero-order valence-electron chi connectivity index (χ0n) is 6.78. The van der Waals surface area contributed by atoms with E-state index in [1.165, 1.54) is 20.6 Å². The Balaban J connectivity index is 2.47. The molecular formula is C10H7NS2. The zero-order valence-corrected chi connectivity index (χ0v) is 8.41. The first-order valence-corrected chi connectivity index (χ1v) is 6.16. The molecule has 0 radical (unpaired) electrons. The summed E-state index contributed by atoms with van der Waals surface area (Å²) in [4.78, 5) is 2.68. The van der Waals surface area contributed by atoms with Crippen molar-refractivity contribution < 1.29 is 0 Å². The standard InChI is InChI=1S/C10H7NS2/c11-7-2-1-6-3-8-5-10(13-12-8)9(6)4-7/h1-5H,11H2. The van der Waals surface area contributed by atoms with E-state index in [1.54, 1.807) is 0 Å². The Morgan fingerprint density at radius 1 is 1.00 bits per heavy atom. The molecule has 0 saturated carbocycles. The van der Waals surface area contributed by atoms with E-state index in [2.05, 4.69) is 18.2 Å². The number of anilines is 1. The van der Waals surface area contributed by atoms with Gasteiger partial charge in [0.15, 0.2) is 0 Å². The molecule has 1 heterocycles. The molecule has 0 unspecified atom stereocenters. The normalized spacial score (nSPS) is 13.8. The highest BCUT2D eigenvalue weighted by molar-refractivity contribution is 8.77. The van der Waals surface area contributed by atoms with E-state index >= 15 is 0 Å². The highest BCUT2D eigenvalue weighted by Gasteiger charge is 2.12. The first kappa shape index (κ1) is 7.59. The lowest BCUT2D eigenvalue weighted by atomic mass is 10.1. The summed E-state index contributed by atoms with van der Waals surface area (Å²) in [6.07, 6.45) is 0. The van der Waals surface area contributed by atoms with E-state index in [4.69, 9.17) is 5.73 Å². The molecule has 2 N–H and O–H groups in total. The van der Waals surface area contributed by atoms with Gasteiger partial charge >= 0.3 is 0 Å². The third kappa shape index (κ3) is 1.11. The van der Waals surface area contributed by atoms with Crippen LogP contribution in [0.15, 0.2) is 40.1 Å². The molecule has 2 bridgehead atoms. The molecule has 0 spiro atoms. The first-order valence-electron chi connectivity index (χ1n) is 4.01. The molecule has 1 aliphatic rings. The maximum absolute atomic E-state index is 5.75. The van der Waals surface area contributed by atoms with Crippen LogP contribution in [-0.4, -0.2) is 0 Å². The van der Waals surface area contributed by atoms with Gasteiger partial charge in [-0.25, -0.2) is 0 Å². The van der Waals surface area contributed by atoms with Crippen molar-refractivity contribution >= 4 is 38.0 Å². The van der Waals surface area contributed by atoms with Crippen molar-refractivity contribution in [1.82, 2.24) is 0 Å². The number of nitrogens with two attached hydrogens (primary N) is 1. The third-order valence-corrected chi connectivity index (χ3v) is 4.54. The van der Waals surface area contributed by atoms with Crippen LogP contribution in [0.1, 0.15) is 0 Å². The Hall–Kier alpha value is -0.800. The lowest BCUT2D eigenvalue weighted by Gasteiger charge is -2.00. The fraction of sp³-hybridized carbons (Fsp3) is 0. The lowest BCUT2D eigenvalue weighted by Crippen LogP contribution is -1.83. The predicted octanol–water partition coefficient (Wildman–Crippen LogP) is 3.53. The average Bonchev–Trinajstić information content (AvgIpc) is 2.51. The van der Waals surface area contributed by atoms with Crippen molar-refractivity contribution in [3.63, 3.8) is 0 Å². The first-order chi connectivity index (χ1) is 6.33. The Bertz CT molecular complexity index is 493. The molecule has 2 aromatic rings. The van der Waals surface area contributed by atoms with Crippen molar-refractivity contribution in [1.29, 1.82) is 0 Å². The molecule has 0 saturated heterocycles. The van der Waals surface area contributed by atoms with Crippen LogP contribution in [0.3, 0.4) is 0 Å². The Kier molecular flexibility index (Phi) is 1.51. The molecule has 0 fully saturated rings. The lowest BCUT2D eigenvalue weighted by molar-refractivity contribution is 1.42. The number of benzene rings is 2. The van der Waals surface area contributed by atoms with Crippen molar-refractivity contribution in [2.75, 3.05) is 5.73 Å². The number of hydrogen-bond acceptors (Lipinski definition) is 3. The molecule has 13 heavy (non-hydrogen) atoms. The van der Waals surface area contributed by atoms with Crippen LogP contribution >= 0.6 is 21.6 Å². The smallest absolute Gasteiger partial charge is 0.0320 e. The predicted molar refractivity (Wildman–Crippen MR) is 60.1 cm³/mol. The second-order valence-corrected chi connectivity index (χ2v) is 5.31. The molecule has 0 aromatic heterocycles. The Morgan fingerprint density at radius 2 is 1.92 bits per heavy atom. The minimum Gasteiger partial charge on any atom is -0.399 e. The van der Waals surface area contributed by atoms with Crippen LogP contribution in [0.2, 0.25) is 0 Å². The molecule has 1 nitrogen and oxygen atoms in total. The zero-order chi connectivity index (χ0) is 8.84. The van der Waals surface area contributed by atoms with Crippen molar-refractivity contribution in [2.24, 2.45) is 0 Å². The molecule has 0 atom stereocenters. The summed E-state index contributed by atoms with van der Waals surface area (Å²) in [5.41, 5.74) is 6.59. The fourth-order valence-electron chi connectivity index (χ4n) is 1.53. The summed E-state index contributed by atoms with van der Waals surface area (Å²) in [7, 11) is 3.64. The summed E-state index contributed by atoms with van der Waals surface area (Å²) in [5.74, 6) is 0. The van der Waals surface area contributed by atoms with E-state index in [9.17, 15) is 0 Å². The van der Waals surface area contributed by atoms with E-state index in [0.29, 0.717) is 0 Å². The molecule has 2 aromatic carbocycles. The number of hydrogen-bond donors (Lipinski definition) is 1. The Morgan fingerprint density at radius 3 is 2.85 bits per heavy atom. The van der Waals surface area contributed by atoms with Crippen LogP contribution in [0.5, 0.6) is 0 Å². The highest BCUT2D eigenvalue weighted by Crippen LogP contribution is 2.49. The fourth-order valence-corrected chi connectivity index (χ4v) is 3.83. The van der Waals surface area contributed by atoms with Crippen molar-refractivity contribution in [3.05, 3.63) is 30.3 Å². The van der Waals surface area contributed by atoms with E-state index < -0.39 is 0 Å². The highest BCUT2D eigenvalue weighted by atomic mass is 33.1. The van der Waals surface area contributed by atoms with Gasteiger partial charge in [-0.15, -0.1) is 0 Å². The molecule has 3 rings (SSSR count). The monoisotopic (exact) mass is 205 g/mol. The topological polar surface area (TPSA) is 26.0 Å². The van der Waals surface area contributed by atoms with E-state index in [-0.39, 0.29) is 0 Å². The molecule has 1 aliphatic heterocycles. The maximum Gasteiger partial charge on any atom is 0.0320 e. The summed E-state index contributed by atoms with van der Waals surface area (Å²) in [6, 6.07) is 10.5. The van der Waals surface area contributed by atoms with Crippen molar-refractivity contribution in [3.8, 4) is 0 Å². The SMILES string of the molecule is Nc1ccc2cc3cc(c2c1)SS3. The summed E-state index contributed by atoms with van der Waals surface area (Å²) in [6.45, 7) is 0. The van der Waals surface area contributed by atoms with E-state index in [1.807, 2.05) is 33.7 Å². The van der Waals surface area contributed by atoms with Crippen molar-refractivity contribution in [2.45, 2.75) is 9.79 Å². The number of rotatable bonds is 0. The minimum absolute atomic E-state index is 0.842. The van der Waals surface area contributed by atoms with Crippen LogP contribution in [0.4, 0.5) is 5.69 Å². The van der Waals surface area contributed by atoms with Gasteiger partial charge < -0.3 is 5.73 Å². The van der Waals surface area contributed by atoms with Gasteiger partial charge in [-0.2, -0.15) is 0 Å². The van der Waals surface area contributed by atoms with Gasteiger partial charge in [-0.1, -0.05) is 27.7 Å². The second-order valence-electron chi connectivity index (χ2n) is 3.07. The van der Waals surface area contributed by atoms with Gasteiger partial charge in [-0.05, 0) is 35.0 Å². The van der Waals surface area contributed by atoms with Crippen LogP contribution in [0.25, 0.3) is 10.8 Å². The third-order valence-electron chi connectivity index (χ3n) is 2.14. The molecule has 0 aliphatic carbocycles. The molecule has 64 valence electrons. The van der Waals surface area contributed by atoms with Gasteiger partial charge in [0.2, 0.25) is 0 Å². The average molecular weight is 205 g/mol. The summed E-state index contributed by atoms with van der Waals surface area (Å²) < 4.78 is 0. The second kappa shape index (κ2) is 2.59. The number of nitrogen functional groups attached to an aromatic ring is 1. The molecular weight excluding hydrogens is 198 g/mol. The summed E-state index contributed by atoms with van der Waals surface area (Å²) >= 11 is 0. The van der Waals surface area contributed by atoms with Crippen LogP contribution in [0, 0.1) is 0 Å². The molecule has 0 amide bonds. The van der Waals surface area contributed by atoms with Crippen LogP contribution < -0.4 is 5.73 Å². The van der Waals surface area contributed by atoms with Gasteiger partial charge in [0, 0.05) is 15.5 Å². The van der Waals surface area contributed by atoms with E-state index in [0.717, 1.165) is 5.69 Å². The van der Waals surface area contributed by atoms with Gasteiger partial charge in [0.1, 0.15) is 0 Å². The Labute approximate surface area is 84.1 Å². The minimum atomic E-state index is 0.842. The maximum atomic E-state index is 5.75. The van der Waals surface area contributed by atoms with Gasteiger partial charge in [-0.3, -0.25) is 0 Å². The molecule has 3 heteroatoms.